The van der Waals surface area contributed by atoms with Crippen molar-refractivity contribution in [1.82, 2.24) is 4.90 Å². The van der Waals surface area contributed by atoms with Gasteiger partial charge in [-0.1, -0.05) is 19.8 Å². The van der Waals surface area contributed by atoms with Crippen LogP contribution >= 0.6 is 0 Å². The maximum atomic E-state index is 12.3. The summed E-state index contributed by atoms with van der Waals surface area (Å²) in [6.07, 6.45) is 7.16. The van der Waals surface area contributed by atoms with Crippen LogP contribution in [-0.4, -0.2) is 29.8 Å². The lowest BCUT2D eigenvalue weighted by Gasteiger charge is -2.33. The molecule has 0 bridgehead atoms. The van der Waals surface area contributed by atoms with Crippen molar-refractivity contribution in [2.45, 2.75) is 51.9 Å². The summed E-state index contributed by atoms with van der Waals surface area (Å²) < 4.78 is 0. The van der Waals surface area contributed by atoms with Crippen LogP contribution in [0.4, 0.5) is 0 Å². The van der Waals surface area contributed by atoms with Gasteiger partial charge in [0, 0.05) is 25.4 Å². The zero-order valence-corrected chi connectivity index (χ0v) is 11.9. The van der Waals surface area contributed by atoms with Gasteiger partial charge in [0.2, 0.25) is 11.8 Å². The first-order valence-electron chi connectivity index (χ1n) is 7.63. The topological polar surface area (TPSA) is 63.4 Å². The number of likely N-dealkylation sites (tertiary alicyclic amines) is 1. The predicted molar refractivity (Wildman–Crippen MR) is 74.2 cm³/mol. The third-order valence-electron chi connectivity index (χ3n) is 4.76. The van der Waals surface area contributed by atoms with E-state index in [-0.39, 0.29) is 17.7 Å². The van der Waals surface area contributed by atoms with E-state index >= 15 is 0 Å². The minimum Gasteiger partial charge on any atom is -0.369 e. The molecule has 0 aromatic rings. The lowest BCUT2D eigenvalue weighted by atomic mass is 9.80. The van der Waals surface area contributed by atoms with Gasteiger partial charge in [-0.3, -0.25) is 9.59 Å². The SMILES string of the molecule is CC1CCCC(CC(=O)N2CCC(C(N)=O)CC2)C1. The molecular weight excluding hydrogens is 240 g/mol. The highest BCUT2D eigenvalue weighted by Crippen LogP contribution is 2.31. The van der Waals surface area contributed by atoms with Gasteiger partial charge in [0.25, 0.3) is 0 Å². The number of rotatable bonds is 3. The molecule has 2 fully saturated rings. The predicted octanol–water partition coefficient (Wildman–Crippen LogP) is 1.93. The van der Waals surface area contributed by atoms with E-state index in [1.807, 2.05) is 4.90 Å². The van der Waals surface area contributed by atoms with Gasteiger partial charge in [0.15, 0.2) is 0 Å². The summed E-state index contributed by atoms with van der Waals surface area (Å²) in [5.41, 5.74) is 5.31. The molecule has 0 aromatic heterocycles. The zero-order chi connectivity index (χ0) is 13.8. The number of nitrogens with two attached hydrogens (primary N) is 1. The summed E-state index contributed by atoms with van der Waals surface area (Å²) in [7, 11) is 0. The Bertz CT molecular complexity index is 335. The highest BCUT2D eigenvalue weighted by molar-refractivity contribution is 5.79. The van der Waals surface area contributed by atoms with E-state index < -0.39 is 0 Å². The second kappa shape index (κ2) is 6.40. The van der Waals surface area contributed by atoms with Crippen molar-refractivity contribution in [3.8, 4) is 0 Å². The Kier molecular flexibility index (Phi) is 4.83. The molecule has 1 aliphatic heterocycles. The fraction of sp³-hybridized carbons (Fsp3) is 0.867. The molecule has 1 aliphatic carbocycles. The number of carbonyl (C=O) groups is 2. The van der Waals surface area contributed by atoms with Gasteiger partial charge in [0.1, 0.15) is 0 Å². The van der Waals surface area contributed by atoms with Gasteiger partial charge in [0.05, 0.1) is 0 Å². The van der Waals surface area contributed by atoms with Gasteiger partial charge in [-0.15, -0.1) is 0 Å². The lowest BCUT2D eigenvalue weighted by molar-refractivity contribution is -0.136. The van der Waals surface area contributed by atoms with Gasteiger partial charge in [-0.25, -0.2) is 0 Å². The molecule has 1 saturated carbocycles. The Morgan fingerprint density at radius 3 is 2.42 bits per heavy atom. The summed E-state index contributed by atoms with van der Waals surface area (Å²) in [5, 5.41) is 0. The normalized spacial score (nSPS) is 29.2. The summed E-state index contributed by atoms with van der Waals surface area (Å²) in [6, 6.07) is 0. The average Bonchev–Trinajstić information content (AvgIpc) is 2.39. The molecule has 2 atom stereocenters. The Hall–Kier alpha value is -1.06. The van der Waals surface area contributed by atoms with E-state index in [0.717, 1.165) is 18.8 Å². The first-order valence-corrected chi connectivity index (χ1v) is 7.63. The molecule has 4 heteroatoms. The van der Waals surface area contributed by atoms with Gasteiger partial charge < -0.3 is 10.6 Å². The Labute approximate surface area is 115 Å². The molecule has 108 valence electrons. The molecule has 2 unspecified atom stereocenters. The molecule has 0 spiro atoms. The maximum absolute atomic E-state index is 12.3. The largest absolute Gasteiger partial charge is 0.369 e. The third kappa shape index (κ3) is 3.95. The number of piperidine rings is 1. The van der Waals surface area contributed by atoms with Crippen molar-refractivity contribution in [2.24, 2.45) is 23.5 Å². The minimum atomic E-state index is -0.215. The molecule has 1 saturated heterocycles. The lowest BCUT2D eigenvalue weighted by Crippen LogP contribution is -2.42. The van der Waals surface area contributed by atoms with Crippen LogP contribution in [0.5, 0.6) is 0 Å². The molecular formula is C15H26N2O2. The van der Waals surface area contributed by atoms with Gasteiger partial charge in [-0.2, -0.15) is 0 Å². The standard InChI is InChI=1S/C15H26N2O2/c1-11-3-2-4-12(9-11)10-14(18)17-7-5-13(6-8-17)15(16)19/h11-13H,2-10H2,1H3,(H2,16,19). The summed E-state index contributed by atoms with van der Waals surface area (Å²) in [4.78, 5) is 25.3. The number of hydrogen-bond donors (Lipinski definition) is 1. The zero-order valence-electron chi connectivity index (χ0n) is 11.9. The minimum absolute atomic E-state index is 0.0289. The number of amides is 2. The number of nitrogens with zero attached hydrogens (tertiary/aromatic N) is 1. The van der Waals surface area contributed by atoms with E-state index in [9.17, 15) is 9.59 Å². The summed E-state index contributed by atoms with van der Waals surface area (Å²) in [6.45, 7) is 3.69. The van der Waals surface area contributed by atoms with E-state index in [4.69, 9.17) is 5.73 Å². The van der Waals surface area contributed by atoms with Crippen molar-refractivity contribution in [3.05, 3.63) is 0 Å². The fourth-order valence-electron chi connectivity index (χ4n) is 3.53. The smallest absolute Gasteiger partial charge is 0.222 e. The van der Waals surface area contributed by atoms with Crippen molar-refractivity contribution in [3.63, 3.8) is 0 Å². The maximum Gasteiger partial charge on any atom is 0.222 e. The molecule has 0 aromatic carbocycles. The van der Waals surface area contributed by atoms with Crippen LogP contribution in [-0.2, 0) is 9.59 Å². The van der Waals surface area contributed by atoms with Crippen molar-refractivity contribution in [1.29, 1.82) is 0 Å². The van der Waals surface area contributed by atoms with Crippen molar-refractivity contribution < 1.29 is 9.59 Å². The van der Waals surface area contributed by atoms with E-state index in [0.29, 0.717) is 25.4 Å². The first kappa shape index (κ1) is 14.4. The molecule has 2 N–H and O–H groups in total. The Morgan fingerprint density at radius 2 is 1.84 bits per heavy atom. The second-order valence-corrected chi connectivity index (χ2v) is 6.40. The molecule has 19 heavy (non-hydrogen) atoms. The summed E-state index contributed by atoms with van der Waals surface area (Å²) >= 11 is 0. The first-order chi connectivity index (χ1) is 9.06. The fourth-order valence-corrected chi connectivity index (χ4v) is 3.53. The molecule has 2 amide bonds. The van der Waals surface area contributed by atoms with Gasteiger partial charge in [-0.05, 0) is 37.5 Å². The van der Waals surface area contributed by atoms with Crippen LogP contribution in [0, 0.1) is 17.8 Å². The molecule has 1 heterocycles. The quantitative estimate of drug-likeness (QED) is 0.848. The van der Waals surface area contributed by atoms with Crippen LogP contribution in [0.15, 0.2) is 0 Å². The third-order valence-corrected chi connectivity index (χ3v) is 4.76. The van der Waals surface area contributed by atoms with Crippen LogP contribution in [0.1, 0.15) is 51.9 Å². The van der Waals surface area contributed by atoms with E-state index in [2.05, 4.69) is 6.92 Å². The van der Waals surface area contributed by atoms with Crippen LogP contribution in [0.25, 0.3) is 0 Å². The van der Waals surface area contributed by atoms with Crippen molar-refractivity contribution in [2.75, 3.05) is 13.1 Å². The molecule has 0 radical (unpaired) electrons. The van der Waals surface area contributed by atoms with E-state index in [1.165, 1.54) is 25.7 Å². The van der Waals surface area contributed by atoms with Gasteiger partial charge >= 0.3 is 0 Å². The molecule has 4 nitrogen and oxygen atoms in total. The number of hydrogen-bond acceptors (Lipinski definition) is 2. The number of primary amides is 1. The average molecular weight is 266 g/mol. The number of carbonyl (C=O) groups excluding carboxylic acids is 2. The van der Waals surface area contributed by atoms with Crippen LogP contribution < -0.4 is 5.73 Å². The van der Waals surface area contributed by atoms with Crippen LogP contribution in [0.3, 0.4) is 0 Å². The summed E-state index contributed by atoms with van der Waals surface area (Å²) in [5.74, 6) is 1.38. The highest BCUT2D eigenvalue weighted by atomic mass is 16.2. The van der Waals surface area contributed by atoms with E-state index in [1.54, 1.807) is 0 Å². The van der Waals surface area contributed by atoms with Crippen molar-refractivity contribution >= 4 is 11.8 Å². The molecule has 2 rings (SSSR count). The monoisotopic (exact) mass is 266 g/mol. The second-order valence-electron chi connectivity index (χ2n) is 6.40. The highest BCUT2D eigenvalue weighted by Gasteiger charge is 2.28. The Balaban J connectivity index is 1.76. The van der Waals surface area contributed by atoms with Crippen LogP contribution in [0.2, 0.25) is 0 Å². The Morgan fingerprint density at radius 1 is 1.16 bits per heavy atom. The molecule has 2 aliphatic rings.